The normalized spacial score (nSPS) is 10.0. The summed E-state index contributed by atoms with van der Waals surface area (Å²) in [5, 5.41) is 0. The molecule has 23 heavy (non-hydrogen) atoms. The summed E-state index contributed by atoms with van der Waals surface area (Å²) in [7, 11) is 2.33. The second-order valence-electron chi connectivity index (χ2n) is 4.49. The second-order valence-corrected chi connectivity index (χ2v) is 4.49. The van der Waals surface area contributed by atoms with Crippen molar-refractivity contribution < 1.29 is 23.8 Å². The van der Waals surface area contributed by atoms with E-state index >= 15 is 0 Å². The minimum Gasteiger partial charge on any atom is -0.482 e. The van der Waals surface area contributed by atoms with Gasteiger partial charge in [-0.3, -0.25) is 4.79 Å². The molecule has 2 aromatic rings. The van der Waals surface area contributed by atoms with Crippen molar-refractivity contribution in [2.75, 3.05) is 14.2 Å². The van der Waals surface area contributed by atoms with Gasteiger partial charge in [0.1, 0.15) is 12.2 Å². The highest BCUT2D eigenvalue weighted by molar-refractivity contribution is 5.93. The van der Waals surface area contributed by atoms with Crippen molar-refractivity contribution in [3.05, 3.63) is 63.6 Å². The van der Waals surface area contributed by atoms with E-state index in [0.717, 1.165) is 18.9 Å². The molecule has 0 unspecified atom stereocenters. The largest absolute Gasteiger partial charge is 0.482 e. The molecule has 1 N–H and O–H groups in total. The van der Waals surface area contributed by atoms with E-state index in [2.05, 4.69) is 14.5 Å². The number of rotatable bonds is 5. The molecule has 0 radical (unpaired) electrons. The average Bonchev–Trinajstić information content (AvgIpc) is 2.60. The Morgan fingerprint density at radius 1 is 1.04 bits per heavy atom. The first-order valence-corrected chi connectivity index (χ1v) is 6.67. The molecule has 0 amide bonds. The molecular weight excluding hydrogens is 302 g/mol. The molecule has 120 valence electrons. The summed E-state index contributed by atoms with van der Waals surface area (Å²) in [6, 6.07) is 9.07. The van der Waals surface area contributed by atoms with Gasteiger partial charge in [0.15, 0.2) is 11.4 Å². The Kier molecular flexibility index (Phi) is 5.14. The van der Waals surface area contributed by atoms with Crippen LogP contribution in [0.4, 0.5) is 0 Å². The van der Waals surface area contributed by atoms with Crippen molar-refractivity contribution >= 4 is 11.9 Å². The van der Waals surface area contributed by atoms with Gasteiger partial charge in [0.05, 0.1) is 14.2 Å². The Morgan fingerprint density at radius 3 is 2.30 bits per heavy atom. The molecule has 0 saturated carbocycles. The minimum absolute atomic E-state index is 0.0541. The van der Waals surface area contributed by atoms with E-state index in [1.165, 1.54) is 7.11 Å². The fourth-order valence-electron chi connectivity index (χ4n) is 1.89. The van der Waals surface area contributed by atoms with E-state index in [9.17, 15) is 14.4 Å². The van der Waals surface area contributed by atoms with E-state index in [1.54, 1.807) is 12.1 Å². The molecule has 0 fully saturated rings. The van der Waals surface area contributed by atoms with Crippen LogP contribution in [0, 0.1) is 0 Å². The lowest BCUT2D eigenvalue weighted by molar-refractivity contribution is 0.0574. The molecule has 2 rings (SSSR count). The Labute approximate surface area is 131 Å². The number of pyridine rings is 1. The van der Waals surface area contributed by atoms with Crippen LogP contribution in [-0.4, -0.2) is 31.1 Å². The Hall–Kier alpha value is -3.09. The van der Waals surface area contributed by atoms with Gasteiger partial charge < -0.3 is 19.2 Å². The van der Waals surface area contributed by atoms with E-state index in [1.807, 2.05) is 18.2 Å². The molecule has 0 bridgehead atoms. The number of aromatic amines is 1. The smallest absolute Gasteiger partial charge is 0.358 e. The first-order valence-electron chi connectivity index (χ1n) is 6.67. The number of esters is 2. The number of H-pyrrole nitrogens is 1. The van der Waals surface area contributed by atoms with Crippen molar-refractivity contribution in [1.82, 2.24) is 4.98 Å². The van der Waals surface area contributed by atoms with Crippen LogP contribution in [-0.2, 0) is 16.1 Å². The topological polar surface area (TPSA) is 94.7 Å². The number of carbonyl (C=O) groups is 2. The molecular formula is C16H15NO6. The Bertz CT molecular complexity index is 766. The zero-order valence-corrected chi connectivity index (χ0v) is 12.6. The minimum atomic E-state index is -0.827. The number of methoxy groups -OCH3 is 2. The Balaban J connectivity index is 2.42. The molecule has 0 spiro atoms. The lowest BCUT2D eigenvalue weighted by Gasteiger charge is -2.11. The maximum Gasteiger partial charge on any atom is 0.358 e. The fraction of sp³-hybridized carbons (Fsp3) is 0.188. The van der Waals surface area contributed by atoms with E-state index in [-0.39, 0.29) is 23.6 Å². The molecule has 7 heteroatoms. The van der Waals surface area contributed by atoms with Crippen LogP contribution in [0.25, 0.3) is 0 Å². The van der Waals surface area contributed by atoms with E-state index in [0.29, 0.717) is 0 Å². The van der Waals surface area contributed by atoms with Gasteiger partial charge in [-0.2, -0.15) is 0 Å². The summed E-state index contributed by atoms with van der Waals surface area (Å²) < 4.78 is 14.6. The van der Waals surface area contributed by atoms with Gasteiger partial charge in [-0.05, 0) is 5.56 Å². The van der Waals surface area contributed by atoms with Crippen molar-refractivity contribution in [3.8, 4) is 5.75 Å². The lowest BCUT2D eigenvalue weighted by atomic mass is 10.2. The van der Waals surface area contributed by atoms with Gasteiger partial charge in [0, 0.05) is 6.20 Å². The molecule has 0 atom stereocenters. The molecule has 1 aromatic carbocycles. The molecule has 0 aliphatic heterocycles. The number of ether oxygens (including phenoxy) is 3. The summed E-state index contributed by atoms with van der Waals surface area (Å²) in [4.78, 5) is 38.3. The molecule has 0 saturated heterocycles. The molecule has 0 aliphatic carbocycles. The zero-order valence-electron chi connectivity index (χ0n) is 12.6. The van der Waals surface area contributed by atoms with Gasteiger partial charge in [-0.25, -0.2) is 9.59 Å². The average molecular weight is 317 g/mol. The highest BCUT2D eigenvalue weighted by Gasteiger charge is 2.23. The summed E-state index contributed by atoms with van der Waals surface area (Å²) in [6.45, 7) is 0.0541. The SMILES string of the molecule is COC(=O)c1[nH]cc(C(=O)OC)c(=O)c1OCc1ccccc1. The monoisotopic (exact) mass is 317 g/mol. The number of hydrogen-bond donors (Lipinski definition) is 1. The maximum atomic E-state index is 12.4. The van der Waals surface area contributed by atoms with Gasteiger partial charge in [0.2, 0.25) is 5.43 Å². The number of hydrogen-bond acceptors (Lipinski definition) is 6. The van der Waals surface area contributed by atoms with Gasteiger partial charge in [0.25, 0.3) is 0 Å². The first kappa shape index (κ1) is 16.3. The highest BCUT2D eigenvalue weighted by Crippen LogP contribution is 2.15. The summed E-state index contributed by atoms with van der Waals surface area (Å²) in [5.41, 5.74) is -0.373. The summed E-state index contributed by atoms with van der Waals surface area (Å²) >= 11 is 0. The van der Waals surface area contributed by atoms with Gasteiger partial charge in [-0.15, -0.1) is 0 Å². The molecule has 1 aromatic heterocycles. The van der Waals surface area contributed by atoms with Crippen molar-refractivity contribution in [2.24, 2.45) is 0 Å². The van der Waals surface area contributed by atoms with Gasteiger partial charge in [-0.1, -0.05) is 30.3 Å². The molecule has 1 heterocycles. The summed E-state index contributed by atoms with van der Waals surface area (Å²) in [5.74, 6) is -1.89. The number of benzene rings is 1. The van der Waals surface area contributed by atoms with Crippen molar-refractivity contribution in [3.63, 3.8) is 0 Å². The Morgan fingerprint density at radius 2 is 1.70 bits per heavy atom. The standard InChI is InChI=1S/C16H15NO6/c1-21-15(19)11-8-17-12(16(20)22-2)14(13(11)18)23-9-10-6-4-3-5-7-10/h3-8H,9H2,1-2H3,(H,17,18). The number of nitrogens with one attached hydrogen (secondary N) is 1. The van der Waals surface area contributed by atoms with Crippen molar-refractivity contribution in [1.29, 1.82) is 0 Å². The maximum absolute atomic E-state index is 12.4. The predicted octanol–water partition coefficient (Wildman–Crippen LogP) is 1.53. The van der Waals surface area contributed by atoms with Crippen LogP contribution in [0.5, 0.6) is 5.75 Å². The first-order chi connectivity index (χ1) is 11.1. The quantitative estimate of drug-likeness (QED) is 0.840. The van der Waals surface area contributed by atoms with Crippen LogP contribution in [0.1, 0.15) is 26.4 Å². The third-order valence-electron chi connectivity index (χ3n) is 3.06. The van der Waals surface area contributed by atoms with Crippen LogP contribution in [0.3, 0.4) is 0 Å². The number of carbonyl (C=O) groups excluding carboxylic acids is 2. The van der Waals surface area contributed by atoms with Crippen molar-refractivity contribution in [2.45, 2.75) is 6.61 Å². The van der Waals surface area contributed by atoms with E-state index < -0.39 is 17.4 Å². The molecule has 0 aliphatic rings. The third-order valence-corrected chi connectivity index (χ3v) is 3.06. The summed E-state index contributed by atoms with van der Waals surface area (Å²) in [6.07, 6.45) is 1.09. The molecule has 7 nitrogen and oxygen atoms in total. The van der Waals surface area contributed by atoms with E-state index in [4.69, 9.17) is 4.74 Å². The van der Waals surface area contributed by atoms with Crippen LogP contribution >= 0.6 is 0 Å². The number of aromatic nitrogens is 1. The third kappa shape index (κ3) is 3.57. The van der Waals surface area contributed by atoms with Crippen LogP contribution < -0.4 is 10.2 Å². The highest BCUT2D eigenvalue weighted by atomic mass is 16.5. The predicted molar refractivity (Wildman–Crippen MR) is 80.5 cm³/mol. The lowest BCUT2D eigenvalue weighted by Crippen LogP contribution is -2.23. The second kappa shape index (κ2) is 7.26. The van der Waals surface area contributed by atoms with Crippen LogP contribution in [0.2, 0.25) is 0 Å². The van der Waals surface area contributed by atoms with Gasteiger partial charge >= 0.3 is 11.9 Å². The van der Waals surface area contributed by atoms with Crippen LogP contribution in [0.15, 0.2) is 41.3 Å². The fourth-order valence-corrected chi connectivity index (χ4v) is 1.89. The zero-order chi connectivity index (χ0) is 16.8.